The summed E-state index contributed by atoms with van der Waals surface area (Å²) in [5.41, 5.74) is 1.63. The molecular formula is C12H20. The quantitative estimate of drug-likeness (QED) is 0.515. The van der Waals surface area contributed by atoms with Crippen molar-refractivity contribution in [2.45, 2.75) is 51.9 Å². The minimum Gasteiger partial charge on any atom is -0.0805 e. The van der Waals surface area contributed by atoms with Crippen molar-refractivity contribution in [3.05, 3.63) is 23.8 Å². The van der Waals surface area contributed by atoms with Crippen LogP contribution in [0.5, 0.6) is 0 Å². The van der Waals surface area contributed by atoms with Crippen molar-refractivity contribution in [1.29, 1.82) is 0 Å². The zero-order chi connectivity index (χ0) is 8.65. The molecule has 0 amide bonds. The lowest BCUT2D eigenvalue weighted by atomic mass is 10.1. The van der Waals surface area contributed by atoms with Gasteiger partial charge in [-0.05, 0) is 19.3 Å². The summed E-state index contributed by atoms with van der Waals surface area (Å²) in [6, 6.07) is 0. The van der Waals surface area contributed by atoms with Crippen LogP contribution in [-0.4, -0.2) is 0 Å². The molecule has 0 aromatic carbocycles. The van der Waals surface area contributed by atoms with E-state index < -0.39 is 0 Å². The van der Waals surface area contributed by atoms with Crippen molar-refractivity contribution in [1.82, 2.24) is 0 Å². The molecule has 0 radical (unpaired) electrons. The molecule has 1 rings (SSSR count). The van der Waals surface area contributed by atoms with Crippen molar-refractivity contribution in [3.8, 4) is 0 Å². The molecule has 1 aliphatic carbocycles. The average Bonchev–Trinajstić information content (AvgIpc) is 2.57. The second kappa shape index (κ2) is 6.05. The van der Waals surface area contributed by atoms with Crippen LogP contribution >= 0.6 is 0 Å². The van der Waals surface area contributed by atoms with Crippen LogP contribution in [0.1, 0.15) is 51.9 Å². The monoisotopic (exact) mass is 164 g/mol. The van der Waals surface area contributed by atoms with Crippen LogP contribution in [0.15, 0.2) is 23.8 Å². The van der Waals surface area contributed by atoms with Gasteiger partial charge in [0.15, 0.2) is 0 Å². The fourth-order valence-electron chi connectivity index (χ4n) is 1.63. The van der Waals surface area contributed by atoms with Gasteiger partial charge < -0.3 is 0 Å². The highest BCUT2D eigenvalue weighted by Gasteiger charge is 1.98. The molecule has 12 heavy (non-hydrogen) atoms. The summed E-state index contributed by atoms with van der Waals surface area (Å²) < 4.78 is 0. The third-order valence-corrected chi connectivity index (χ3v) is 2.45. The number of hydrogen-bond acceptors (Lipinski definition) is 0. The third kappa shape index (κ3) is 3.75. The van der Waals surface area contributed by atoms with Crippen LogP contribution in [0, 0.1) is 0 Å². The lowest BCUT2D eigenvalue weighted by Crippen LogP contribution is -1.81. The fourth-order valence-corrected chi connectivity index (χ4v) is 1.63. The molecule has 0 aromatic rings. The van der Waals surface area contributed by atoms with E-state index in [4.69, 9.17) is 0 Å². The van der Waals surface area contributed by atoms with Gasteiger partial charge in [-0.15, -0.1) is 0 Å². The summed E-state index contributed by atoms with van der Waals surface area (Å²) in [6.45, 7) is 2.27. The summed E-state index contributed by atoms with van der Waals surface area (Å²) >= 11 is 0. The Balaban J connectivity index is 1.89. The molecule has 0 saturated heterocycles. The van der Waals surface area contributed by atoms with Gasteiger partial charge >= 0.3 is 0 Å². The second-order valence-corrected chi connectivity index (χ2v) is 3.62. The predicted molar refractivity (Wildman–Crippen MR) is 55.2 cm³/mol. The van der Waals surface area contributed by atoms with E-state index in [9.17, 15) is 0 Å². The number of rotatable bonds is 6. The molecule has 0 unspecified atom stereocenters. The van der Waals surface area contributed by atoms with Crippen LogP contribution in [0.25, 0.3) is 0 Å². The molecule has 0 saturated carbocycles. The maximum atomic E-state index is 2.28. The highest BCUT2D eigenvalue weighted by molar-refractivity contribution is 5.22. The zero-order valence-corrected chi connectivity index (χ0v) is 8.18. The van der Waals surface area contributed by atoms with E-state index in [0.29, 0.717) is 0 Å². The maximum Gasteiger partial charge on any atom is -0.0133 e. The van der Waals surface area contributed by atoms with Gasteiger partial charge in [0.25, 0.3) is 0 Å². The standard InChI is InChI=1S/C12H20/c1-2-3-4-5-6-9-12-10-7-8-11-12/h7-8,10H,2-6,9,11H2,1H3. The Labute approximate surface area is 76.4 Å². The Morgan fingerprint density at radius 1 is 1.17 bits per heavy atom. The van der Waals surface area contributed by atoms with E-state index in [2.05, 4.69) is 25.2 Å². The minimum atomic E-state index is 1.22. The van der Waals surface area contributed by atoms with E-state index >= 15 is 0 Å². The molecule has 0 aliphatic heterocycles. The van der Waals surface area contributed by atoms with Crippen LogP contribution in [-0.2, 0) is 0 Å². The van der Waals surface area contributed by atoms with Gasteiger partial charge in [-0.25, -0.2) is 0 Å². The van der Waals surface area contributed by atoms with Crippen molar-refractivity contribution in [2.75, 3.05) is 0 Å². The Hall–Kier alpha value is -0.520. The molecular weight excluding hydrogens is 144 g/mol. The smallest absolute Gasteiger partial charge is 0.0133 e. The van der Waals surface area contributed by atoms with Crippen LogP contribution in [0.2, 0.25) is 0 Å². The van der Waals surface area contributed by atoms with Crippen molar-refractivity contribution < 1.29 is 0 Å². The molecule has 1 aliphatic rings. The Morgan fingerprint density at radius 2 is 2.00 bits per heavy atom. The van der Waals surface area contributed by atoms with Gasteiger partial charge in [-0.3, -0.25) is 0 Å². The van der Waals surface area contributed by atoms with Gasteiger partial charge in [0.05, 0.1) is 0 Å². The molecule has 0 N–H and O–H groups in total. The van der Waals surface area contributed by atoms with Crippen LogP contribution < -0.4 is 0 Å². The molecule has 0 nitrogen and oxygen atoms in total. The number of allylic oxidation sites excluding steroid dienone is 4. The number of unbranched alkanes of at least 4 members (excludes halogenated alkanes) is 4. The third-order valence-electron chi connectivity index (χ3n) is 2.45. The van der Waals surface area contributed by atoms with E-state index in [1.807, 2.05) is 0 Å². The Bertz CT molecular complexity index is 163. The first-order chi connectivity index (χ1) is 5.93. The van der Waals surface area contributed by atoms with Crippen molar-refractivity contribution >= 4 is 0 Å². The average molecular weight is 164 g/mol. The van der Waals surface area contributed by atoms with Crippen LogP contribution in [0.4, 0.5) is 0 Å². The summed E-state index contributed by atoms with van der Waals surface area (Å²) in [6.07, 6.45) is 16.3. The molecule has 0 aromatic heterocycles. The lowest BCUT2D eigenvalue weighted by molar-refractivity contribution is 0.629. The highest BCUT2D eigenvalue weighted by atomic mass is 14.0. The van der Waals surface area contributed by atoms with Gasteiger partial charge in [-0.2, -0.15) is 0 Å². The van der Waals surface area contributed by atoms with Crippen LogP contribution in [0.3, 0.4) is 0 Å². The van der Waals surface area contributed by atoms with E-state index in [-0.39, 0.29) is 0 Å². The fraction of sp³-hybridized carbons (Fsp3) is 0.667. The first-order valence-corrected chi connectivity index (χ1v) is 5.28. The van der Waals surface area contributed by atoms with E-state index in [1.54, 1.807) is 5.57 Å². The molecule has 0 heterocycles. The molecule has 0 atom stereocenters. The summed E-state index contributed by atoms with van der Waals surface area (Å²) in [7, 11) is 0. The summed E-state index contributed by atoms with van der Waals surface area (Å²) in [5, 5.41) is 0. The summed E-state index contributed by atoms with van der Waals surface area (Å²) in [5.74, 6) is 0. The second-order valence-electron chi connectivity index (χ2n) is 3.62. The normalized spacial score (nSPS) is 15.2. The maximum absolute atomic E-state index is 2.28. The zero-order valence-electron chi connectivity index (χ0n) is 8.18. The molecule has 0 bridgehead atoms. The van der Waals surface area contributed by atoms with E-state index in [0.717, 1.165) is 0 Å². The highest BCUT2D eigenvalue weighted by Crippen LogP contribution is 2.18. The van der Waals surface area contributed by atoms with Gasteiger partial charge in [0.1, 0.15) is 0 Å². The minimum absolute atomic E-state index is 1.22. The van der Waals surface area contributed by atoms with Gasteiger partial charge in [0, 0.05) is 0 Å². The largest absolute Gasteiger partial charge is 0.0805 e. The topological polar surface area (TPSA) is 0 Å². The van der Waals surface area contributed by atoms with E-state index in [1.165, 1.54) is 44.9 Å². The SMILES string of the molecule is CCCCCCCC1=CC=CC1. The van der Waals surface area contributed by atoms with Crippen molar-refractivity contribution in [2.24, 2.45) is 0 Å². The molecule has 68 valence electrons. The molecule has 0 heteroatoms. The molecule has 0 fully saturated rings. The predicted octanol–water partition coefficient (Wildman–Crippen LogP) is 4.23. The molecule has 0 spiro atoms. The lowest BCUT2D eigenvalue weighted by Gasteiger charge is -2.00. The first-order valence-electron chi connectivity index (χ1n) is 5.28. The van der Waals surface area contributed by atoms with Gasteiger partial charge in [-0.1, -0.05) is 56.4 Å². The summed E-state index contributed by atoms with van der Waals surface area (Å²) in [4.78, 5) is 0. The van der Waals surface area contributed by atoms with Gasteiger partial charge in [0.2, 0.25) is 0 Å². The Kier molecular flexibility index (Phi) is 4.82. The van der Waals surface area contributed by atoms with Crippen molar-refractivity contribution in [3.63, 3.8) is 0 Å². The number of hydrogen-bond donors (Lipinski definition) is 0. The first kappa shape index (κ1) is 9.57. The Morgan fingerprint density at radius 3 is 2.67 bits per heavy atom.